The van der Waals surface area contributed by atoms with Crippen molar-refractivity contribution in [1.29, 1.82) is 0 Å². The van der Waals surface area contributed by atoms with Gasteiger partial charge in [-0.05, 0) is 30.7 Å². The van der Waals surface area contributed by atoms with Crippen LogP contribution in [-0.4, -0.2) is 123 Å². The van der Waals surface area contributed by atoms with Gasteiger partial charge in [-0.3, -0.25) is 39.1 Å². The Morgan fingerprint density at radius 1 is 0.942 bits per heavy atom. The Bertz CT molecular complexity index is 1930. The van der Waals surface area contributed by atoms with Crippen molar-refractivity contribution in [3.8, 4) is 17.0 Å². The van der Waals surface area contributed by atoms with Crippen LogP contribution >= 0.6 is 11.3 Å². The molecule has 18 heteroatoms. The largest absolute Gasteiger partial charge is 0.480 e. The Balaban J connectivity index is 0.900. The van der Waals surface area contributed by atoms with E-state index in [1.54, 1.807) is 10.3 Å². The van der Waals surface area contributed by atoms with Crippen molar-refractivity contribution in [2.24, 2.45) is 0 Å². The number of nitrogens with one attached hydrogen (secondary N) is 2. The minimum Gasteiger partial charge on any atom is -0.480 e. The van der Waals surface area contributed by atoms with E-state index in [0.29, 0.717) is 64.7 Å². The van der Waals surface area contributed by atoms with Gasteiger partial charge < -0.3 is 24.6 Å². The average molecular weight is 742 g/mol. The predicted octanol–water partition coefficient (Wildman–Crippen LogP) is 1.78. The number of imide groups is 2. The number of piperazine rings is 1. The number of carbonyl (C=O) groups excluding carboxylic acids is 5. The van der Waals surface area contributed by atoms with Gasteiger partial charge in [0.1, 0.15) is 11.9 Å². The molecule has 2 aromatic carbocycles. The SMILES string of the molecule is O=C(COc1c(-c2csc(N3CCOCC3)n2)ccc(F)c1F)NCCN1CCN(c2cc3c(cc2F)C(=O)N(C2CCC(=O)NC2=O)C3=O)CC1. The molecule has 4 aliphatic rings. The number of amides is 5. The monoisotopic (exact) mass is 741 g/mol. The number of carbonyl (C=O) groups is 5. The first-order valence-electron chi connectivity index (χ1n) is 16.8. The maximum absolute atomic E-state index is 15.3. The van der Waals surface area contributed by atoms with Crippen LogP contribution < -0.4 is 25.2 Å². The number of aromatic nitrogens is 1. The number of anilines is 2. The van der Waals surface area contributed by atoms with Gasteiger partial charge >= 0.3 is 0 Å². The van der Waals surface area contributed by atoms with Crippen LogP contribution in [0.15, 0.2) is 29.6 Å². The summed E-state index contributed by atoms with van der Waals surface area (Å²) in [5, 5.41) is 7.29. The highest BCUT2D eigenvalue weighted by Crippen LogP contribution is 2.37. The smallest absolute Gasteiger partial charge is 0.262 e. The van der Waals surface area contributed by atoms with Gasteiger partial charge in [-0.25, -0.2) is 13.8 Å². The molecule has 1 unspecified atom stereocenters. The van der Waals surface area contributed by atoms with Crippen molar-refractivity contribution in [2.45, 2.75) is 18.9 Å². The third kappa shape index (κ3) is 7.05. The van der Waals surface area contributed by atoms with E-state index < -0.39 is 65.4 Å². The fraction of sp³-hybridized carbons (Fsp3) is 0.412. The number of benzene rings is 2. The van der Waals surface area contributed by atoms with Gasteiger partial charge in [0.2, 0.25) is 17.6 Å². The first-order valence-corrected chi connectivity index (χ1v) is 17.7. The van der Waals surface area contributed by atoms with Crippen molar-refractivity contribution in [3.05, 3.63) is 58.2 Å². The van der Waals surface area contributed by atoms with E-state index in [-0.39, 0.29) is 41.8 Å². The van der Waals surface area contributed by atoms with Gasteiger partial charge in [0.15, 0.2) is 23.3 Å². The molecule has 5 amide bonds. The van der Waals surface area contributed by atoms with Crippen molar-refractivity contribution in [2.75, 3.05) is 82.0 Å². The Morgan fingerprint density at radius 3 is 2.40 bits per heavy atom. The van der Waals surface area contributed by atoms with Gasteiger partial charge in [-0.1, -0.05) is 0 Å². The Labute approximate surface area is 299 Å². The van der Waals surface area contributed by atoms with E-state index >= 15 is 4.39 Å². The van der Waals surface area contributed by atoms with E-state index in [1.165, 1.54) is 23.5 Å². The van der Waals surface area contributed by atoms with E-state index in [2.05, 4.69) is 15.6 Å². The van der Waals surface area contributed by atoms with E-state index in [0.717, 1.165) is 22.2 Å². The van der Waals surface area contributed by atoms with Crippen LogP contribution in [-0.2, 0) is 19.1 Å². The van der Waals surface area contributed by atoms with Crippen LogP contribution in [0.2, 0.25) is 0 Å². The normalized spacial score (nSPS) is 19.6. The topological polar surface area (TPSA) is 154 Å². The summed E-state index contributed by atoms with van der Waals surface area (Å²) in [4.78, 5) is 74.0. The molecule has 0 saturated carbocycles. The molecule has 5 heterocycles. The van der Waals surface area contributed by atoms with Gasteiger partial charge in [0.25, 0.3) is 17.7 Å². The molecule has 4 aliphatic heterocycles. The molecule has 1 aromatic heterocycles. The summed E-state index contributed by atoms with van der Waals surface area (Å²) in [6, 6.07) is 3.55. The third-order valence-corrected chi connectivity index (χ3v) is 10.3. The van der Waals surface area contributed by atoms with Crippen molar-refractivity contribution >= 4 is 51.7 Å². The molecule has 0 radical (unpaired) electrons. The molecule has 3 fully saturated rings. The van der Waals surface area contributed by atoms with E-state index in [4.69, 9.17) is 9.47 Å². The van der Waals surface area contributed by atoms with Crippen molar-refractivity contribution in [3.63, 3.8) is 0 Å². The summed E-state index contributed by atoms with van der Waals surface area (Å²) in [5.41, 5.74) is 0.630. The second-order valence-electron chi connectivity index (χ2n) is 12.6. The van der Waals surface area contributed by atoms with Crippen LogP contribution in [0, 0.1) is 17.5 Å². The van der Waals surface area contributed by atoms with Gasteiger partial charge in [-0.2, -0.15) is 4.39 Å². The molecule has 7 rings (SSSR count). The summed E-state index contributed by atoms with van der Waals surface area (Å²) in [7, 11) is 0. The second kappa shape index (κ2) is 14.9. The number of halogens is 3. The first kappa shape index (κ1) is 35.3. The van der Waals surface area contributed by atoms with Crippen LogP contribution in [0.4, 0.5) is 24.0 Å². The predicted molar refractivity (Wildman–Crippen MR) is 181 cm³/mol. The average Bonchev–Trinajstić information content (AvgIpc) is 3.72. The summed E-state index contributed by atoms with van der Waals surface area (Å²) in [5.74, 6) is -6.68. The minimum atomic E-state index is -1.22. The van der Waals surface area contributed by atoms with Crippen LogP contribution in [0.3, 0.4) is 0 Å². The van der Waals surface area contributed by atoms with E-state index in [9.17, 15) is 32.8 Å². The van der Waals surface area contributed by atoms with E-state index in [1.807, 2.05) is 9.80 Å². The third-order valence-electron chi connectivity index (χ3n) is 9.42. The molecule has 274 valence electrons. The van der Waals surface area contributed by atoms with Crippen LogP contribution in [0.1, 0.15) is 33.6 Å². The van der Waals surface area contributed by atoms with Gasteiger partial charge in [0.05, 0.1) is 35.7 Å². The first-order chi connectivity index (χ1) is 25.1. The van der Waals surface area contributed by atoms with Crippen LogP contribution in [0.25, 0.3) is 11.3 Å². The molecule has 0 spiro atoms. The number of rotatable bonds is 10. The molecule has 52 heavy (non-hydrogen) atoms. The van der Waals surface area contributed by atoms with Crippen molar-refractivity contribution in [1.82, 2.24) is 25.4 Å². The maximum atomic E-state index is 15.3. The molecular formula is C34H34F3N7O7S. The van der Waals surface area contributed by atoms with Gasteiger partial charge in [-0.15, -0.1) is 11.3 Å². The summed E-state index contributed by atoms with van der Waals surface area (Å²) < 4.78 is 55.2. The number of ether oxygens (including phenoxy) is 2. The van der Waals surface area contributed by atoms with Gasteiger partial charge in [0, 0.05) is 69.7 Å². The molecule has 3 saturated heterocycles. The zero-order chi connectivity index (χ0) is 36.5. The lowest BCUT2D eigenvalue weighted by atomic mass is 10.0. The minimum absolute atomic E-state index is 0.00254. The molecule has 1 atom stereocenters. The van der Waals surface area contributed by atoms with Crippen molar-refractivity contribution < 1.29 is 46.6 Å². The Kier molecular flexibility index (Phi) is 10.1. The second-order valence-corrected chi connectivity index (χ2v) is 13.5. The number of morpholine rings is 1. The maximum Gasteiger partial charge on any atom is 0.262 e. The highest BCUT2D eigenvalue weighted by Gasteiger charge is 2.45. The number of hydrogen-bond donors (Lipinski definition) is 2. The summed E-state index contributed by atoms with van der Waals surface area (Å²) in [6.07, 6.45) is -0.0246. The number of thiazole rings is 1. The molecule has 14 nitrogen and oxygen atoms in total. The highest BCUT2D eigenvalue weighted by molar-refractivity contribution is 7.14. The lowest BCUT2D eigenvalue weighted by Crippen LogP contribution is -2.54. The fourth-order valence-corrected chi connectivity index (χ4v) is 7.52. The quantitative estimate of drug-likeness (QED) is 0.293. The zero-order valence-electron chi connectivity index (χ0n) is 27.8. The number of nitrogens with zero attached hydrogens (tertiary/aromatic N) is 5. The Morgan fingerprint density at radius 2 is 1.67 bits per heavy atom. The summed E-state index contributed by atoms with van der Waals surface area (Å²) in [6.45, 7) is 4.35. The molecule has 0 aliphatic carbocycles. The molecular weight excluding hydrogens is 707 g/mol. The number of fused-ring (bicyclic) bond motifs is 1. The number of piperidine rings is 1. The lowest BCUT2D eigenvalue weighted by Gasteiger charge is -2.36. The Hall–Kier alpha value is -5.07. The fourth-order valence-electron chi connectivity index (χ4n) is 6.64. The molecule has 2 N–H and O–H groups in total. The molecule has 0 bridgehead atoms. The standard InChI is InChI=1S/C34H34F3N7O7S/c35-22-2-1-19(24-18-52-34(39-24)43-11-13-50-14-12-43)30(29(22)37)51-17-28(46)38-5-6-41-7-9-42(10-8-41)26-16-21-20(15-23(26)36)32(48)44(33(21)49)25-3-4-27(45)40-31(25)47/h1-2,15-16,18,25H,3-14,17H2,(H,38,46)(H,40,45,47). The summed E-state index contributed by atoms with van der Waals surface area (Å²) >= 11 is 1.36. The highest BCUT2D eigenvalue weighted by atomic mass is 32.1. The molecule has 3 aromatic rings. The van der Waals surface area contributed by atoms with Crippen LogP contribution in [0.5, 0.6) is 5.75 Å². The zero-order valence-corrected chi connectivity index (χ0v) is 28.6. The lowest BCUT2D eigenvalue weighted by molar-refractivity contribution is -0.136. The number of hydrogen-bond acceptors (Lipinski definition) is 12.